The van der Waals surface area contributed by atoms with Gasteiger partial charge in [-0.1, -0.05) is 0 Å². The molecule has 2 aromatic rings. The summed E-state index contributed by atoms with van der Waals surface area (Å²) in [5, 5.41) is 13.5. The second-order valence-electron chi connectivity index (χ2n) is 4.63. The topological polar surface area (TPSA) is 111 Å². The minimum absolute atomic E-state index is 0.0221. The minimum atomic E-state index is -0.450. The zero-order valence-corrected chi connectivity index (χ0v) is 11.7. The van der Waals surface area contributed by atoms with Crippen LogP contribution in [0.3, 0.4) is 0 Å². The van der Waals surface area contributed by atoms with Gasteiger partial charge >= 0.3 is 0 Å². The van der Waals surface area contributed by atoms with E-state index in [-0.39, 0.29) is 18.0 Å². The number of carbonyl (C=O) groups is 1. The molecule has 1 amide bonds. The van der Waals surface area contributed by atoms with Crippen LogP contribution in [0.2, 0.25) is 0 Å². The predicted molar refractivity (Wildman–Crippen MR) is 77.1 cm³/mol. The van der Waals surface area contributed by atoms with Crippen molar-refractivity contribution in [1.29, 1.82) is 0 Å². The van der Waals surface area contributed by atoms with E-state index < -0.39 is 10.8 Å². The molecular weight excluding hydrogens is 274 g/mol. The average molecular weight is 289 g/mol. The maximum Gasteiger partial charge on any atom is 0.291 e. The third kappa shape index (κ3) is 3.09. The summed E-state index contributed by atoms with van der Waals surface area (Å²) >= 11 is 0. The number of benzene rings is 1. The molecule has 0 saturated heterocycles. The van der Waals surface area contributed by atoms with E-state index in [2.05, 4.69) is 5.32 Å². The van der Waals surface area contributed by atoms with Crippen LogP contribution in [-0.2, 0) is 6.54 Å². The highest BCUT2D eigenvalue weighted by Gasteiger charge is 2.16. The number of rotatable bonds is 4. The first-order valence-corrected chi connectivity index (χ1v) is 6.28. The fourth-order valence-electron chi connectivity index (χ4n) is 1.93. The number of carbonyl (C=O) groups excluding carboxylic acids is 1. The highest BCUT2D eigenvalue weighted by Crippen LogP contribution is 2.26. The number of nitro benzene ring substituents is 1. The third-order valence-electron chi connectivity index (χ3n) is 3.07. The Hall–Kier alpha value is -2.67. The molecule has 0 fully saturated rings. The summed E-state index contributed by atoms with van der Waals surface area (Å²) in [5.41, 5.74) is 7.02. The number of furan rings is 1. The molecule has 0 radical (unpaired) electrons. The molecule has 110 valence electrons. The number of anilines is 1. The molecule has 2 rings (SSSR count). The fourth-order valence-corrected chi connectivity index (χ4v) is 1.93. The molecule has 1 aromatic heterocycles. The highest BCUT2D eigenvalue weighted by molar-refractivity contribution is 6.02. The standard InChI is InChI=1S/C14H15N3O4/c1-8-6-12(17(19)20)9(2)5-11(8)16-14(18)13-4-3-10(7-15)21-13/h3-6H,7,15H2,1-2H3,(H,16,18). The van der Waals surface area contributed by atoms with E-state index in [9.17, 15) is 14.9 Å². The van der Waals surface area contributed by atoms with Crippen molar-refractivity contribution in [1.82, 2.24) is 0 Å². The molecule has 7 heteroatoms. The summed E-state index contributed by atoms with van der Waals surface area (Å²) < 4.78 is 5.25. The van der Waals surface area contributed by atoms with Gasteiger partial charge in [-0.25, -0.2) is 0 Å². The van der Waals surface area contributed by atoms with Crippen LogP contribution in [0.5, 0.6) is 0 Å². The second kappa shape index (κ2) is 5.76. The van der Waals surface area contributed by atoms with E-state index in [4.69, 9.17) is 10.2 Å². The zero-order chi connectivity index (χ0) is 15.6. The molecule has 0 aliphatic heterocycles. The van der Waals surface area contributed by atoms with Crippen molar-refractivity contribution in [2.24, 2.45) is 5.73 Å². The Morgan fingerprint density at radius 3 is 2.62 bits per heavy atom. The van der Waals surface area contributed by atoms with E-state index in [1.54, 1.807) is 26.0 Å². The first kappa shape index (κ1) is 14.7. The Bertz CT molecular complexity index is 706. The number of nitrogens with two attached hydrogens (primary N) is 1. The summed E-state index contributed by atoms with van der Waals surface area (Å²) in [5.74, 6) is 0.230. The van der Waals surface area contributed by atoms with Crippen LogP contribution in [0.1, 0.15) is 27.4 Å². The summed E-state index contributed by atoms with van der Waals surface area (Å²) in [4.78, 5) is 22.5. The van der Waals surface area contributed by atoms with Crippen LogP contribution >= 0.6 is 0 Å². The third-order valence-corrected chi connectivity index (χ3v) is 3.07. The van der Waals surface area contributed by atoms with Crippen molar-refractivity contribution in [3.8, 4) is 0 Å². The summed E-state index contributed by atoms with van der Waals surface area (Å²) in [6.45, 7) is 3.52. The minimum Gasteiger partial charge on any atom is -0.455 e. The van der Waals surface area contributed by atoms with Gasteiger partial charge in [-0.2, -0.15) is 0 Å². The molecule has 21 heavy (non-hydrogen) atoms. The smallest absolute Gasteiger partial charge is 0.291 e. The molecule has 1 heterocycles. The van der Waals surface area contributed by atoms with E-state index in [0.29, 0.717) is 22.6 Å². The number of hydrogen-bond acceptors (Lipinski definition) is 5. The van der Waals surface area contributed by atoms with Crippen molar-refractivity contribution >= 4 is 17.3 Å². The molecule has 0 aliphatic rings. The number of nitrogens with one attached hydrogen (secondary N) is 1. The number of nitro groups is 1. The van der Waals surface area contributed by atoms with Crippen molar-refractivity contribution in [3.63, 3.8) is 0 Å². The molecule has 7 nitrogen and oxygen atoms in total. The lowest BCUT2D eigenvalue weighted by Crippen LogP contribution is -2.12. The number of aryl methyl sites for hydroxylation is 2. The van der Waals surface area contributed by atoms with Gasteiger partial charge in [0.1, 0.15) is 5.76 Å². The van der Waals surface area contributed by atoms with Gasteiger partial charge in [0.25, 0.3) is 11.6 Å². The molecule has 0 bridgehead atoms. The van der Waals surface area contributed by atoms with Crippen LogP contribution in [-0.4, -0.2) is 10.8 Å². The lowest BCUT2D eigenvalue weighted by molar-refractivity contribution is -0.385. The maximum atomic E-state index is 12.0. The van der Waals surface area contributed by atoms with Gasteiger partial charge in [-0.3, -0.25) is 14.9 Å². The summed E-state index contributed by atoms with van der Waals surface area (Å²) in [6, 6.07) is 6.16. The first-order valence-electron chi connectivity index (χ1n) is 6.28. The van der Waals surface area contributed by atoms with Gasteiger partial charge in [-0.15, -0.1) is 0 Å². The van der Waals surface area contributed by atoms with Crippen LogP contribution in [0.25, 0.3) is 0 Å². The Morgan fingerprint density at radius 1 is 1.33 bits per heavy atom. The molecule has 0 atom stereocenters. The lowest BCUT2D eigenvalue weighted by atomic mass is 10.1. The Morgan fingerprint density at radius 2 is 2.05 bits per heavy atom. The maximum absolute atomic E-state index is 12.0. The van der Waals surface area contributed by atoms with E-state index in [0.717, 1.165) is 0 Å². The Kier molecular flexibility index (Phi) is 4.04. The first-order chi connectivity index (χ1) is 9.92. The molecule has 0 aliphatic carbocycles. The SMILES string of the molecule is Cc1cc([N+](=O)[O-])c(C)cc1NC(=O)c1ccc(CN)o1. The second-order valence-corrected chi connectivity index (χ2v) is 4.63. The van der Waals surface area contributed by atoms with Gasteiger partial charge in [0.05, 0.1) is 11.5 Å². The Labute approximate surface area is 120 Å². The molecule has 1 aromatic carbocycles. The monoisotopic (exact) mass is 289 g/mol. The molecule has 0 spiro atoms. The van der Waals surface area contributed by atoms with Gasteiger partial charge in [0.15, 0.2) is 5.76 Å². The van der Waals surface area contributed by atoms with Gasteiger partial charge in [-0.05, 0) is 37.6 Å². The zero-order valence-electron chi connectivity index (χ0n) is 11.7. The van der Waals surface area contributed by atoms with E-state index in [1.807, 2.05) is 0 Å². The number of amides is 1. The highest BCUT2D eigenvalue weighted by atomic mass is 16.6. The predicted octanol–water partition coefficient (Wildman–Crippen LogP) is 2.52. The van der Waals surface area contributed by atoms with Crippen molar-refractivity contribution in [2.45, 2.75) is 20.4 Å². The molecule has 3 N–H and O–H groups in total. The molecule has 0 unspecified atom stereocenters. The van der Waals surface area contributed by atoms with E-state index >= 15 is 0 Å². The van der Waals surface area contributed by atoms with Crippen LogP contribution in [0.15, 0.2) is 28.7 Å². The molecular formula is C14H15N3O4. The van der Waals surface area contributed by atoms with Crippen molar-refractivity contribution < 1.29 is 14.1 Å². The normalized spacial score (nSPS) is 10.4. The van der Waals surface area contributed by atoms with Crippen molar-refractivity contribution in [2.75, 3.05) is 5.32 Å². The summed E-state index contributed by atoms with van der Waals surface area (Å²) in [6.07, 6.45) is 0. The fraction of sp³-hybridized carbons (Fsp3) is 0.214. The van der Waals surface area contributed by atoms with E-state index in [1.165, 1.54) is 12.1 Å². The quantitative estimate of drug-likeness (QED) is 0.663. The van der Waals surface area contributed by atoms with Crippen molar-refractivity contribution in [3.05, 3.63) is 57.0 Å². The number of nitrogens with zero attached hydrogens (tertiary/aromatic N) is 1. The van der Waals surface area contributed by atoms with Crippen LogP contribution in [0, 0.1) is 24.0 Å². The largest absolute Gasteiger partial charge is 0.455 e. The van der Waals surface area contributed by atoms with Crippen LogP contribution < -0.4 is 11.1 Å². The van der Waals surface area contributed by atoms with Crippen LogP contribution in [0.4, 0.5) is 11.4 Å². The lowest BCUT2D eigenvalue weighted by Gasteiger charge is -2.08. The summed E-state index contributed by atoms with van der Waals surface area (Å²) in [7, 11) is 0. The average Bonchev–Trinajstić information content (AvgIpc) is 2.91. The Balaban J connectivity index is 2.25. The van der Waals surface area contributed by atoms with Gasteiger partial charge in [0.2, 0.25) is 0 Å². The van der Waals surface area contributed by atoms with Gasteiger partial charge < -0.3 is 15.5 Å². The molecule has 0 saturated carbocycles. The van der Waals surface area contributed by atoms with Gasteiger partial charge in [0, 0.05) is 17.3 Å². The number of hydrogen-bond donors (Lipinski definition) is 2.